The van der Waals surface area contributed by atoms with Crippen LogP contribution >= 0.6 is 0 Å². The van der Waals surface area contributed by atoms with Crippen LogP contribution < -0.4 is 10.1 Å². The lowest BCUT2D eigenvalue weighted by atomic mass is 10.0. The molecule has 2 aromatic rings. The van der Waals surface area contributed by atoms with E-state index >= 15 is 0 Å². The van der Waals surface area contributed by atoms with Crippen molar-refractivity contribution < 1.29 is 9.53 Å². The largest absolute Gasteiger partial charge is 0.491 e. The van der Waals surface area contributed by atoms with Crippen LogP contribution in [0.3, 0.4) is 0 Å². The summed E-state index contributed by atoms with van der Waals surface area (Å²) in [6.45, 7) is 5.41. The maximum Gasteiger partial charge on any atom is 0.318 e. The second-order valence-corrected chi connectivity index (χ2v) is 6.73. The van der Waals surface area contributed by atoms with Crippen LogP contribution in [0, 0.1) is 6.92 Å². The molecule has 0 bridgehead atoms. The molecule has 3 rings (SSSR count). The van der Waals surface area contributed by atoms with E-state index < -0.39 is 0 Å². The number of likely N-dealkylation sites (N-methyl/N-ethyl adjacent to an activating group) is 1. The van der Waals surface area contributed by atoms with Gasteiger partial charge in [0.1, 0.15) is 12.4 Å². The predicted molar refractivity (Wildman–Crippen MR) is 103 cm³/mol. The van der Waals surface area contributed by atoms with E-state index in [1.165, 1.54) is 5.56 Å². The summed E-state index contributed by atoms with van der Waals surface area (Å²) < 4.78 is 5.76. The Labute approximate surface area is 155 Å². The quantitative estimate of drug-likeness (QED) is 0.840. The lowest BCUT2D eigenvalue weighted by molar-refractivity contribution is 0.108. The van der Waals surface area contributed by atoms with Crippen LogP contribution in [0.25, 0.3) is 0 Å². The molecule has 5 nitrogen and oxygen atoms in total. The van der Waals surface area contributed by atoms with Gasteiger partial charge in [-0.05, 0) is 31.2 Å². The summed E-state index contributed by atoms with van der Waals surface area (Å²) in [4.78, 5) is 16.9. The van der Waals surface area contributed by atoms with Crippen molar-refractivity contribution in [1.29, 1.82) is 0 Å². The first-order valence-electron chi connectivity index (χ1n) is 9.11. The van der Waals surface area contributed by atoms with Crippen LogP contribution in [0.1, 0.15) is 17.2 Å². The number of nitrogens with one attached hydrogen (secondary N) is 1. The monoisotopic (exact) mass is 353 g/mol. The van der Waals surface area contributed by atoms with Gasteiger partial charge in [0.15, 0.2) is 0 Å². The lowest BCUT2D eigenvalue weighted by Crippen LogP contribution is -2.52. The number of piperazine rings is 1. The molecule has 2 aromatic carbocycles. The molecule has 0 saturated carbocycles. The van der Waals surface area contributed by atoms with E-state index in [1.54, 1.807) is 0 Å². The van der Waals surface area contributed by atoms with Crippen LogP contribution in [0.15, 0.2) is 54.6 Å². The van der Waals surface area contributed by atoms with Crippen molar-refractivity contribution in [2.45, 2.75) is 13.0 Å². The fraction of sp³-hybridized carbons (Fsp3) is 0.381. The number of ether oxygens (including phenoxy) is 1. The fourth-order valence-electron chi connectivity index (χ4n) is 3.26. The standard InChI is InChI=1S/C21H27N3O2/c1-17-8-6-7-11-20(17)26-15-12-22-21(25)24-14-13-23(2)16-19(24)18-9-4-3-5-10-18/h3-11,19H,12-16H2,1-2H3,(H,22,25). The van der Waals surface area contributed by atoms with Crippen LogP contribution in [0.2, 0.25) is 0 Å². The fourth-order valence-corrected chi connectivity index (χ4v) is 3.26. The van der Waals surface area contributed by atoms with Gasteiger partial charge in [-0.15, -0.1) is 0 Å². The average Bonchev–Trinajstić information content (AvgIpc) is 2.67. The first-order valence-corrected chi connectivity index (χ1v) is 9.11. The van der Waals surface area contributed by atoms with Crippen molar-refractivity contribution >= 4 is 6.03 Å². The zero-order valence-corrected chi connectivity index (χ0v) is 15.5. The Balaban J connectivity index is 1.55. The van der Waals surface area contributed by atoms with Gasteiger partial charge in [-0.1, -0.05) is 48.5 Å². The van der Waals surface area contributed by atoms with E-state index in [9.17, 15) is 4.79 Å². The number of para-hydroxylation sites is 1. The molecule has 1 atom stereocenters. The molecule has 5 heteroatoms. The summed E-state index contributed by atoms with van der Waals surface area (Å²) >= 11 is 0. The number of hydrogen-bond donors (Lipinski definition) is 1. The number of carbonyl (C=O) groups is 1. The summed E-state index contributed by atoms with van der Waals surface area (Å²) in [7, 11) is 2.10. The summed E-state index contributed by atoms with van der Waals surface area (Å²) in [5, 5.41) is 3.00. The van der Waals surface area contributed by atoms with Crippen molar-refractivity contribution in [3.05, 3.63) is 65.7 Å². The lowest BCUT2D eigenvalue weighted by Gasteiger charge is -2.40. The second kappa shape index (κ2) is 8.72. The Morgan fingerprint density at radius 3 is 2.62 bits per heavy atom. The molecule has 0 spiro atoms. The average molecular weight is 353 g/mol. The smallest absolute Gasteiger partial charge is 0.318 e. The Morgan fingerprint density at radius 1 is 1.12 bits per heavy atom. The molecule has 1 heterocycles. The molecule has 138 valence electrons. The van der Waals surface area contributed by atoms with Crippen LogP contribution in [-0.2, 0) is 0 Å². The minimum absolute atomic E-state index is 0.0275. The van der Waals surface area contributed by atoms with Crippen molar-refractivity contribution in [3.8, 4) is 5.75 Å². The maximum absolute atomic E-state index is 12.7. The summed E-state index contributed by atoms with van der Waals surface area (Å²) in [5.41, 5.74) is 2.27. The van der Waals surface area contributed by atoms with Gasteiger partial charge in [0, 0.05) is 19.6 Å². The zero-order chi connectivity index (χ0) is 18.4. The highest BCUT2D eigenvalue weighted by atomic mass is 16.5. The van der Waals surface area contributed by atoms with E-state index in [2.05, 4.69) is 29.4 Å². The van der Waals surface area contributed by atoms with E-state index in [-0.39, 0.29) is 12.1 Å². The normalized spacial score (nSPS) is 17.8. The van der Waals surface area contributed by atoms with E-state index in [4.69, 9.17) is 4.74 Å². The summed E-state index contributed by atoms with van der Waals surface area (Å²) in [5.74, 6) is 0.864. The summed E-state index contributed by atoms with van der Waals surface area (Å²) in [6, 6.07) is 18.2. The molecule has 1 aliphatic heterocycles. The first kappa shape index (κ1) is 18.3. The van der Waals surface area contributed by atoms with Gasteiger partial charge in [0.2, 0.25) is 0 Å². The van der Waals surface area contributed by atoms with Crippen LogP contribution in [0.5, 0.6) is 5.75 Å². The van der Waals surface area contributed by atoms with Gasteiger partial charge in [0.25, 0.3) is 0 Å². The number of hydrogen-bond acceptors (Lipinski definition) is 3. The Hall–Kier alpha value is -2.53. The number of urea groups is 1. The Bertz CT molecular complexity index is 720. The highest BCUT2D eigenvalue weighted by Crippen LogP contribution is 2.24. The van der Waals surface area contributed by atoms with Gasteiger partial charge < -0.3 is 19.9 Å². The number of carbonyl (C=O) groups excluding carboxylic acids is 1. The predicted octanol–water partition coefficient (Wildman–Crippen LogP) is 3.07. The van der Waals surface area contributed by atoms with Crippen LogP contribution in [0.4, 0.5) is 4.79 Å². The van der Waals surface area contributed by atoms with Gasteiger partial charge >= 0.3 is 6.03 Å². The molecule has 1 unspecified atom stereocenters. The highest BCUT2D eigenvalue weighted by Gasteiger charge is 2.29. The third-order valence-corrected chi connectivity index (χ3v) is 4.76. The SMILES string of the molecule is Cc1ccccc1OCCNC(=O)N1CCN(C)CC1c1ccccc1. The third-order valence-electron chi connectivity index (χ3n) is 4.76. The van der Waals surface area contributed by atoms with Gasteiger partial charge in [-0.3, -0.25) is 0 Å². The number of rotatable bonds is 5. The highest BCUT2D eigenvalue weighted by molar-refractivity contribution is 5.75. The van der Waals surface area contributed by atoms with Gasteiger partial charge in [-0.25, -0.2) is 4.79 Å². The maximum atomic E-state index is 12.7. The van der Waals surface area contributed by atoms with E-state index in [1.807, 2.05) is 54.3 Å². The molecule has 1 saturated heterocycles. The number of amides is 2. The van der Waals surface area contributed by atoms with E-state index in [0.29, 0.717) is 13.2 Å². The van der Waals surface area contributed by atoms with E-state index in [0.717, 1.165) is 30.9 Å². The number of nitrogens with zero attached hydrogens (tertiary/aromatic N) is 2. The number of aryl methyl sites for hydroxylation is 1. The zero-order valence-electron chi connectivity index (χ0n) is 15.5. The Morgan fingerprint density at radius 2 is 1.85 bits per heavy atom. The minimum atomic E-state index is -0.0275. The van der Waals surface area contributed by atoms with Gasteiger partial charge in [-0.2, -0.15) is 0 Å². The van der Waals surface area contributed by atoms with Crippen molar-refractivity contribution in [2.75, 3.05) is 39.8 Å². The molecule has 0 radical (unpaired) electrons. The molecular formula is C21H27N3O2. The first-order chi connectivity index (χ1) is 12.6. The molecular weight excluding hydrogens is 326 g/mol. The van der Waals surface area contributed by atoms with Crippen molar-refractivity contribution in [3.63, 3.8) is 0 Å². The molecule has 1 fully saturated rings. The van der Waals surface area contributed by atoms with Crippen molar-refractivity contribution in [2.24, 2.45) is 0 Å². The van der Waals surface area contributed by atoms with Gasteiger partial charge in [0.05, 0.1) is 12.6 Å². The molecule has 0 aliphatic carbocycles. The van der Waals surface area contributed by atoms with Crippen LogP contribution in [-0.4, -0.2) is 55.7 Å². The third kappa shape index (κ3) is 4.55. The molecule has 2 amide bonds. The molecule has 1 aliphatic rings. The molecule has 26 heavy (non-hydrogen) atoms. The number of benzene rings is 2. The molecule has 0 aromatic heterocycles. The molecule has 1 N–H and O–H groups in total. The minimum Gasteiger partial charge on any atom is -0.491 e. The Kier molecular flexibility index (Phi) is 6.12. The van der Waals surface area contributed by atoms with Crippen molar-refractivity contribution in [1.82, 2.24) is 15.1 Å². The second-order valence-electron chi connectivity index (χ2n) is 6.73. The topological polar surface area (TPSA) is 44.8 Å². The summed E-state index contributed by atoms with van der Waals surface area (Å²) in [6.07, 6.45) is 0.